The highest BCUT2D eigenvalue weighted by atomic mass is 16.7. The molecule has 0 unspecified atom stereocenters. The van der Waals surface area contributed by atoms with Crippen LogP contribution in [0.2, 0.25) is 0 Å². The van der Waals surface area contributed by atoms with Crippen molar-refractivity contribution in [1.29, 1.82) is 0 Å². The molecule has 5 rings (SSSR count). The van der Waals surface area contributed by atoms with E-state index in [0.29, 0.717) is 23.0 Å². The number of allylic oxidation sites excluding steroid dienone is 2. The lowest BCUT2D eigenvalue weighted by molar-refractivity contribution is -0.221. The Morgan fingerprint density at radius 3 is 2.65 bits per heavy atom. The molecule has 126 valence electrons. The van der Waals surface area contributed by atoms with Crippen molar-refractivity contribution in [3.8, 4) is 0 Å². The van der Waals surface area contributed by atoms with Gasteiger partial charge in [0.2, 0.25) is 0 Å². The Kier molecular flexibility index (Phi) is 2.86. The van der Waals surface area contributed by atoms with Crippen molar-refractivity contribution in [1.82, 2.24) is 0 Å². The average Bonchev–Trinajstić information content (AvgIpc) is 3.08. The normalized spacial score (nSPS) is 47.8. The second kappa shape index (κ2) is 4.49. The lowest BCUT2D eigenvalue weighted by Gasteiger charge is -2.58. The van der Waals surface area contributed by atoms with Crippen molar-refractivity contribution >= 4 is 5.78 Å². The lowest BCUT2D eigenvalue weighted by atomic mass is 9.45. The zero-order chi connectivity index (χ0) is 15.9. The van der Waals surface area contributed by atoms with E-state index in [1.807, 2.05) is 0 Å². The molecule has 0 N–H and O–H groups in total. The number of rotatable bonds is 0. The molecule has 4 fully saturated rings. The average molecular weight is 316 g/mol. The van der Waals surface area contributed by atoms with Crippen molar-refractivity contribution in [3.05, 3.63) is 11.1 Å². The first kappa shape index (κ1) is 14.7. The minimum atomic E-state index is -0.310. The highest BCUT2D eigenvalue weighted by Gasteiger charge is 2.69. The molecule has 3 saturated carbocycles. The predicted molar refractivity (Wildman–Crippen MR) is 86.8 cm³/mol. The van der Waals surface area contributed by atoms with E-state index < -0.39 is 0 Å². The minimum absolute atomic E-state index is 0.101. The second-order valence-electron chi connectivity index (χ2n) is 8.97. The van der Waals surface area contributed by atoms with Crippen LogP contribution in [0.5, 0.6) is 0 Å². The van der Waals surface area contributed by atoms with Gasteiger partial charge in [-0.1, -0.05) is 12.5 Å². The van der Waals surface area contributed by atoms with E-state index in [1.165, 1.54) is 36.8 Å². The van der Waals surface area contributed by atoms with Crippen molar-refractivity contribution in [3.63, 3.8) is 0 Å². The molecule has 0 aromatic heterocycles. The Morgan fingerprint density at radius 2 is 1.87 bits per heavy atom. The second-order valence-corrected chi connectivity index (χ2v) is 8.97. The zero-order valence-electron chi connectivity index (χ0n) is 14.5. The molecular weight excluding hydrogens is 288 g/mol. The van der Waals surface area contributed by atoms with Crippen LogP contribution in [0.3, 0.4) is 0 Å². The van der Waals surface area contributed by atoms with E-state index in [9.17, 15) is 4.79 Å². The van der Waals surface area contributed by atoms with Gasteiger partial charge in [0.05, 0.1) is 13.2 Å². The maximum atomic E-state index is 13.0. The first-order valence-corrected chi connectivity index (χ1v) is 9.52. The van der Waals surface area contributed by atoms with Crippen LogP contribution in [-0.4, -0.2) is 24.8 Å². The van der Waals surface area contributed by atoms with Gasteiger partial charge in [0.25, 0.3) is 0 Å². The van der Waals surface area contributed by atoms with E-state index in [2.05, 4.69) is 13.8 Å². The number of hydrogen-bond donors (Lipinski definition) is 0. The third-order valence-electron chi connectivity index (χ3n) is 8.30. The summed E-state index contributed by atoms with van der Waals surface area (Å²) >= 11 is 0. The first-order chi connectivity index (χ1) is 11.0. The molecule has 1 heterocycles. The van der Waals surface area contributed by atoms with Crippen LogP contribution in [0.4, 0.5) is 0 Å². The van der Waals surface area contributed by atoms with Gasteiger partial charge in [-0.05, 0) is 56.8 Å². The summed E-state index contributed by atoms with van der Waals surface area (Å²) in [5.41, 5.74) is 3.03. The number of fused-ring (bicyclic) bond motifs is 3. The predicted octanol–water partition coefficient (Wildman–Crippen LogP) is 4.02. The van der Waals surface area contributed by atoms with Crippen molar-refractivity contribution in [2.75, 3.05) is 13.2 Å². The molecule has 1 saturated heterocycles. The molecular formula is C20H28O3. The summed E-state index contributed by atoms with van der Waals surface area (Å²) < 4.78 is 12.2. The van der Waals surface area contributed by atoms with Gasteiger partial charge in [-0.2, -0.15) is 0 Å². The van der Waals surface area contributed by atoms with E-state index in [0.717, 1.165) is 38.9 Å². The van der Waals surface area contributed by atoms with Crippen molar-refractivity contribution in [2.24, 2.45) is 22.7 Å². The van der Waals surface area contributed by atoms with Crippen LogP contribution in [0.15, 0.2) is 11.1 Å². The van der Waals surface area contributed by atoms with E-state index in [4.69, 9.17) is 9.47 Å². The largest absolute Gasteiger partial charge is 0.347 e. The zero-order valence-corrected chi connectivity index (χ0v) is 14.5. The molecule has 2 spiro atoms. The van der Waals surface area contributed by atoms with Crippen LogP contribution in [0, 0.1) is 22.7 Å². The Labute approximate surface area is 138 Å². The summed E-state index contributed by atoms with van der Waals surface area (Å²) in [5.74, 6) is 1.19. The van der Waals surface area contributed by atoms with Gasteiger partial charge in [-0.25, -0.2) is 0 Å². The molecule has 5 aliphatic rings. The molecule has 3 heteroatoms. The Hall–Kier alpha value is -0.670. The van der Waals surface area contributed by atoms with E-state index in [-0.39, 0.29) is 11.2 Å². The first-order valence-electron chi connectivity index (χ1n) is 9.52. The monoisotopic (exact) mass is 316 g/mol. The van der Waals surface area contributed by atoms with Gasteiger partial charge in [-0.3, -0.25) is 4.79 Å². The van der Waals surface area contributed by atoms with E-state index >= 15 is 0 Å². The molecule has 0 aromatic carbocycles. The smallest absolute Gasteiger partial charge is 0.171 e. The van der Waals surface area contributed by atoms with Gasteiger partial charge in [0, 0.05) is 29.7 Å². The quantitative estimate of drug-likeness (QED) is 0.677. The van der Waals surface area contributed by atoms with Gasteiger partial charge in [0.1, 0.15) is 0 Å². The Bertz CT molecular complexity index is 600. The molecule has 3 nitrogen and oxygen atoms in total. The fourth-order valence-electron chi connectivity index (χ4n) is 7.38. The molecule has 0 amide bonds. The lowest BCUT2D eigenvalue weighted by Crippen LogP contribution is -2.54. The number of ketones is 1. The van der Waals surface area contributed by atoms with Crippen molar-refractivity contribution < 1.29 is 14.3 Å². The third kappa shape index (κ3) is 1.61. The number of hydrogen-bond acceptors (Lipinski definition) is 3. The molecule has 23 heavy (non-hydrogen) atoms. The summed E-state index contributed by atoms with van der Waals surface area (Å²) in [6.07, 6.45) is 8.89. The molecule has 0 radical (unpaired) electrons. The fraction of sp³-hybridized carbons (Fsp3) is 0.850. The standard InChI is InChI=1S/C20H28O3/c1-13-4-3-5-18(2)17(13)16(21)11-14-10-15-12-19(14,18)6-7-20(15)22-8-9-23-20/h14-15H,3-12H2,1-2H3/t14-,15-,18+,19+/m1/s1. The molecule has 4 atom stereocenters. The fourth-order valence-corrected chi connectivity index (χ4v) is 7.38. The number of Topliss-reactive ketones (excluding diaryl/α,β-unsaturated/α-hetero) is 1. The van der Waals surface area contributed by atoms with Crippen LogP contribution < -0.4 is 0 Å². The highest BCUT2D eigenvalue weighted by Crippen LogP contribution is 2.73. The van der Waals surface area contributed by atoms with Crippen molar-refractivity contribution in [2.45, 2.75) is 71.0 Å². The summed E-state index contributed by atoms with van der Waals surface area (Å²) in [4.78, 5) is 13.0. The van der Waals surface area contributed by atoms with Crippen LogP contribution in [0.1, 0.15) is 65.2 Å². The summed E-state index contributed by atoms with van der Waals surface area (Å²) in [6.45, 7) is 6.12. The van der Waals surface area contributed by atoms with Gasteiger partial charge >= 0.3 is 0 Å². The van der Waals surface area contributed by atoms with Gasteiger partial charge in [0.15, 0.2) is 11.6 Å². The Morgan fingerprint density at radius 1 is 1.09 bits per heavy atom. The summed E-state index contributed by atoms with van der Waals surface area (Å²) in [6, 6.07) is 0. The highest BCUT2D eigenvalue weighted by molar-refractivity contribution is 5.99. The van der Waals surface area contributed by atoms with Crippen LogP contribution in [0.25, 0.3) is 0 Å². The minimum Gasteiger partial charge on any atom is -0.347 e. The summed E-state index contributed by atoms with van der Waals surface area (Å²) in [7, 11) is 0. The summed E-state index contributed by atoms with van der Waals surface area (Å²) in [5, 5.41) is 0. The Balaban J connectivity index is 1.61. The number of carbonyl (C=O) groups excluding carboxylic acids is 1. The molecule has 0 aromatic rings. The molecule has 2 bridgehead atoms. The molecule has 1 aliphatic heterocycles. The van der Waals surface area contributed by atoms with Crippen LogP contribution in [-0.2, 0) is 14.3 Å². The van der Waals surface area contributed by atoms with E-state index in [1.54, 1.807) is 0 Å². The number of ether oxygens (including phenoxy) is 2. The van der Waals surface area contributed by atoms with Crippen LogP contribution >= 0.6 is 0 Å². The molecule has 4 aliphatic carbocycles. The topological polar surface area (TPSA) is 35.5 Å². The third-order valence-corrected chi connectivity index (χ3v) is 8.30. The maximum absolute atomic E-state index is 13.0. The van der Waals surface area contributed by atoms with Gasteiger partial charge in [-0.15, -0.1) is 0 Å². The number of carbonyl (C=O) groups is 1. The maximum Gasteiger partial charge on any atom is 0.171 e. The van der Waals surface area contributed by atoms with Gasteiger partial charge < -0.3 is 9.47 Å². The SMILES string of the molecule is CC1=C2C(=O)C[C@H]3C[C@@H]4C[C@]3(CCC43OCCO3)[C@@]2(C)CCC1.